The second-order valence-corrected chi connectivity index (χ2v) is 5.50. The summed E-state index contributed by atoms with van der Waals surface area (Å²) in [5, 5.41) is 7.26. The van der Waals surface area contributed by atoms with Crippen LogP contribution in [0.15, 0.2) is 24.3 Å². The maximum Gasteiger partial charge on any atom is 0.256 e. The van der Waals surface area contributed by atoms with Crippen LogP contribution in [0.3, 0.4) is 0 Å². The highest BCUT2D eigenvalue weighted by Crippen LogP contribution is 2.18. The van der Waals surface area contributed by atoms with Crippen molar-refractivity contribution in [3.05, 3.63) is 46.5 Å². The van der Waals surface area contributed by atoms with Crippen LogP contribution in [-0.4, -0.2) is 28.8 Å². The first-order valence-corrected chi connectivity index (χ1v) is 7.72. The molecule has 7 heteroatoms. The number of nitrogens with zero attached hydrogens (tertiary/aromatic N) is 2. The Morgan fingerprint density at radius 1 is 1.35 bits per heavy atom. The van der Waals surface area contributed by atoms with Crippen molar-refractivity contribution in [3.8, 4) is 5.75 Å². The number of carbonyl (C=O) groups excluding carboxylic acids is 1. The quantitative estimate of drug-likeness (QED) is 0.789. The van der Waals surface area contributed by atoms with Gasteiger partial charge in [-0.15, -0.1) is 0 Å². The van der Waals surface area contributed by atoms with Crippen LogP contribution < -0.4 is 10.1 Å². The zero-order valence-corrected chi connectivity index (χ0v) is 13.9. The number of benzene rings is 1. The molecule has 0 aliphatic rings. The molecule has 0 aliphatic heterocycles. The Labute approximate surface area is 139 Å². The average molecular weight is 340 g/mol. The lowest BCUT2D eigenvalue weighted by Crippen LogP contribution is -2.25. The molecular weight excluding hydrogens is 321 g/mol. The number of halogens is 2. The fourth-order valence-electron chi connectivity index (χ4n) is 2.13. The maximum atomic E-state index is 12.7. The zero-order chi connectivity index (χ0) is 16.8. The van der Waals surface area contributed by atoms with Gasteiger partial charge in [-0.1, -0.05) is 11.6 Å². The summed E-state index contributed by atoms with van der Waals surface area (Å²) in [5.41, 5.74) is 1.02. The Kier molecular flexibility index (Phi) is 5.98. The van der Waals surface area contributed by atoms with E-state index in [2.05, 4.69) is 10.4 Å². The molecule has 5 nitrogen and oxygen atoms in total. The molecule has 0 saturated heterocycles. The minimum absolute atomic E-state index is 0.222. The van der Waals surface area contributed by atoms with Gasteiger partial charge in [0.1, 0.15) is 16.7 Å². The van der Waals surface area contributed by atoms with Crippen LogP contribution in [0.25, 0.3) is 0 Å². The van der Waals surface area contributed by atoms with E-state index in [1.165, 1.54) is 16.8 Å². The predicted octanol–water partition coefficient (Wildman–Crippen LogP) is 3.11. The monoisotopic (exact) mass is 339 g/mol. The Hall–Kier alpha value is -2.08. The highest BCUT2D eigenvalue weighted by Gasteiger charge is 2.18. The minimum Gasteiger partial charge on any atom is -0.494 e. The third-order valence-electron chi connectivity index (χ3n) is 3.32. The first kappa shape index (κ1) is 17.3. The van der Waals surface area contributed by atoms with Crippen LogP contribution in [0, 0.1) is 12.7 Å². The van der Waals surface area contributed by atoms with Crippen molar-refractivity contribution < 1.29 is 13.9 Å². The predicted molar refractivity (Wildman–Crippen MR) is 86.4 cm³/mol. The smallest absolute Gasteiger partial charge is 0.256 e. The molecule has 0 fully saturated rings. The van der Waals surface area contributed by atoms with Crippen molar-refractivity contribution in [1.29, 1.82) is 0 Å². The topological polar surface area (TPSA) is 56.2 Å². The lowest BCUT2D eigenvalue weighted by atomic mass is 10.2. The molecule has 23 heavy (non-hydrogen) atoms. The van der Waals surface area contributed by atoms with E-state index in [1.54, 1.807) is 26.1 Å². The molecule has 0 unspecified atom stereocenters. The summed E-state index contributed by atoms with van der Waals surface area (Å²) in [4.78, 5) is 12.1. The van der Waals surface area contributed by atoms with Gasteiger partial charge in [0.2, 0.25) is 0 Å². The Morgan fingerprint density at radius 2 is 2.04 bits per heavy atom. The van der Waals surface area contributed by atoms with Gasteiger partial charge in [-0.05, 0) is 44.0 Å². The van der Waals surface area contributed by atoms with Crippen LogP contribution in [0.4, 0.5) is 4.39 Å². The number of carbonyl (C=O) groups is 1. The highest BCUT2D eigenvalue weighted by molar-refractivity contribution is 6.33. The largest absolute Gasteiger partial charge is 0.494 e. The first-order valence-electron chi connectivity index (χ1n) is 7.34. The molecule has 2 aromatic rings. The summed E-state index contributed by atoms with van der Waals surface area (Å²) in [5.74, 6) is 0.123. The molecule has 1 heterocycles. The average Bonchev–Trinajstić information content (AvgIpc) is 2.77. The molecule has 1 N–H and O–H groups in total. The Bertz CT molecular complexity index is 671. The fourth-order valence-corrected chi connectivity index (χ4v) is 2.39. The lowest BCUT2D eigenvalue weighted by molar-refractivity contribution is 0.0952. The lowest BCUT2D eigenvalue weighted by Gasteiger charge is -2.07. The van der Waals surface area contributed by atoms with Crippen molar-refractivity contribution in [2.24, 2.45) is 7.05 Å². The third-order valence-corrected chi connectivity index (χ3v) is 3.75. The van der Waals surface area contributed by atoms with Gasteiger partial charge in [0.05, 0.1) is 17.9 Å². The van der Waals surface area contributed by atoms with E-state index < -0.39 is 0 Å². The van der Waals surface area contributed by atoms with E-state index in [0.29, 0.717) is 35.3 Å². The van der Waals surface area contributed by atoms with E-state index in [4.69, 9.17) is 16.3 Å². The van der Waals surface area contributed by atoms with Crippen molar-refractivity contribution in [2.45, 2.75) is 19.8 Å². The van der Waals surface area contributed by atoms with Crippen LogP contribution in [0.5, 0.6) is 5.75 Å². The number of amides is 1. The van der Waals surface area contributed by atoms with Gasteiger partial charge < -0.3 is 10.1 Å². The summed E-state index contributed by atoms with van der Waals surface area (Å²) in [6.07, 6.45) is 1.54. The molecule has 1 aromatic heterocycles. The number of nitrogens with one attached hydrogen (secondary N) is 1. The summed E-state index contributed by atoms with van der Waals surface area (Å²) in [6.45, 7) is 2.78. The molecule has 0 atom stereocenters. The molecule has 0 bridgehead atoms. The van der Waals surface area contributed by atoms with Gasteiger partial charge in [-0.25, -0.2) is 4.39 Å². The van der Waals surface area contributed by atoms with E-state index in [-0.39, 0.29) is 11.7 Å². The van der Waals surface area contributed by atoms with Crippen molar-refractivity contribution >= 4 is 17.5 Å². The second-order valence-electron chi connectivity index (χ2n) is 5.14. The molecule has 1 amide bonds. The summed E-state index contributed by atoms with van der Waals surface area (Å²) >= 11 is 6.04. The standard InChI is InChI=1S/C16H19ClFN3O2/c1-11-14(15(17)21(2)20-11)16(22)19-9-3-4-10-23-13-7-5-12(18)6-8-13/h5-8H,3-4,9-10H2,1-2H3,(H,19,22). The Balaban J connectivity index is 1.67. The SMILES string of the molecule is Cc1nn(C)c(Cl)c1C(=O)NCCCCOc1ccc(F)cc1. The van der Waals surface area contributed by atoms with Crippen LogP contribution in [0.1, 0.15) is 28.9 Å². The molecular formula is C16H19ClFN3O2. The van der Waals surface area contributed by atoms with Crippen molar-refractivity contribution in [2.75, 3.05) is 13.2 Å². The van der Waals surface area contributed by atoms with Crippen LogP contribution in [0.2, 0.25) is 5.15 Å². The molecule has 2 rings (SSSR count). The molecule has 0 radical (unpaired) electrons. The molecule has 124 valence electrons. The number of hydrogen-bond acceptors (Lipinski definition) is 3. The van der Waals surface area contributed by atoms with Gasteiger partial charge in [0.15, 0.2) is 0 Å². The minimum atomic E-state index is -0.288. The van der Waals surface area contributed by atoms with Crippen LogP contribution >= 0.6 is 11.6 Å². The summed E-state index contributed by atoms with van der Waals surface area (Å²) in [6, 6.07) is 5.89. The van der Waals surface area contributed by atoms with E-state index in [0.717, 1.165) is 12.8 Å². The molecule has 0 spiro atoms. The van der Waals surface area contributed by atoms with Gasteiger partial charge in [0, 0.05) is 13.6 Å². The normalized spacial score (nSPS) is 10.6. The molecule has 0 aliphatic carbocycles. The van der Waals surface area contributed by atoms with Crippen molar-refractivity contribution in [3.63, 3.8) is 0 Å². The number of aryl methyl sites for hydroxylation is 2. The van der Waals surface area contributed by atoms with Gasteiger partial charge in [0.25, 0.3) is 5.91 Å². The molecule has 1 aromatic carbocycles. The number of ether oxygens (including phenoxy) is 1. The van der Waals surface area contributed by atoms with Crippen molar-refractivity contribution in [1.82, 2.24) is 15.1 Å². The number of unbranched alkanes of at least 4 members (excludes halogenated alkanes) is 1. The number of aromatic nitrogens is 2. The van der Waals surface area contributed by atoms with E-state index in [1.807, 2.05) is 0 Å². The van der Waals surface area contributed by atoms with Gasteiger partial charge in [-0.2, -0.15) is 5.10 Å². The van der Waals surface area contributed by atoms with Gasteiger partial charge in [-0.3, -0.25) is 9.48 Å². The summed E-state index contributed by atoms with van der Waals surface area (Å²) < 4.78 is 19.7. The Morgan fingerprint density at radius 3 is 2.65 bits per heavy atom. The highest BCUT2D eigenvalue weighted by atomic mass is 35.5. The summed E-state index contributed by atoms with van der Waals surface area (Å²) in [7, 11) is 1.69. The van der Waals surface area contributed by atoms with Gasteiger partial charge >= 0.3 is 0 Å². The third kappa shape index (κ3) is 4.69. The van der Waals surface area contributed by atoms with E-state index >= 15 is 0 Å². The first-order chi connectivity index (χ1) is 11.0. The maximum absolute atomic E-state index is 12.7. The molecule has 0 saturated carbocycles. The fraction of sp³-hybridized carbons (Fsp3) is 0.375. The second kappa shape index (κ2) is 7.97. The number of hydrogen-bond donors (Lipinski definition) is 1. The van der Waals surface area contributed by atoms with Crippen LogP contribution in [-0.2, 0) is 7.05 Å². The zero-order valence-electron chi connectivity index (χ0n) is 13.1. The number of rotatable bonds is 7. The van der Waals surface area contributed by atoms with E-state index in [9.17, 15) is 9.18 Å².